The number of allylic oxidation sites excluding steroid dienone is 12. The Bertz CT molecular complexity index is 1340. The largest absolute Gasteiger partial charge is 0.480 e. The Morgan fingerprint density at radius 2 is 0.921 bits per heavy atom. The number of hydrogen-bond acceptors (Lipinski definition) is 8. The monoisotopic (exact) mass is 906 g/mol. The Morgan fingerprint density at radius 3 is 1.38 bits per heavy atom. The van der Waals surface area contributed by atoms with Gasteiger partial charge in [-0.05, 0) is 64.2 Å². The molecular formula is C51H88NO10P. The number of hydrogen-bond donors (Lipinski definition) is 4. The maximum Gasteiger partial charge on any atom is 0.472 e. The van der Waals surface area contributed by atoms with Crippen LogP contribution in [0.1, 0.15) is 200 Å². The number of phosphoric acid groups is 1. The van der Waals surface area contributed by atoms with E-state index in [1.54, 1.807) is 0 Å². The third kappa shape index (κ3) is 45.3. The minimum absolute atomic E-state index is 0.112. The highest BCUT2D eigenvalue weighted by Crippen LogP contribution is 2.43. The van der Waals surface area contributed by atoms with Crippen molar-refractivity contribution in [3.63, 3.8) is 0 Å². The maximum absolute atomic E-state index is 12.4. The number of unbranched alkanes of at least 4 members (excludes halogenated alkanes) is 19. The molecule has 0 aromatic rings. The quantitative estimate of drug-likeness (QED) is 0.0200. The first kappa shape index (κ1) is 59.9. The van der Waals surface area contributed by atoms with Crippen molar-refractivity contribution < 1.29 is 47.8 Å². The van der Waals surface area contributed by atoms with Crippen molar-refractivity contribution in [1.29, 1.82) is 0 Å². The van der Waals surface area contributed by atoms with Gasteiger partial charge in [-0.1, -0.05) is 196 Å². The molecule has 0 aromatic carbocycles. The van der Waals surface area contributed by atoms with Crippen LogP contribution in [-0.2, 0) is 32.7 Å². The number of carbonyl (C=O) groups excluding carboxylic acids is 2. The number of ether oxygens (including phenoxy) is 1. The molecule has 0 aliphatic rings. The Labute approximate surface area is 382 Å². The van der Waals surface area contributed by atoms with Gasteiger partial charge in [0.05, 0.1) is 13.2 Å². The molecule has 0 rings (SSSR count). The molecule has 12 heteroatoms. The molecule has 0 bridgehead atoms. The third-order valence-electron chi connectivity index (χ3n) is 10.3. The first-order valence-electron chi connectivity index (χ1n) is 24.5. The molecule has 0 saturated carbocycles. The fraction of sp³-hybridized carbons (Fsp3) is 0.706. The number of aliphatic hydroxyl groups is 1. The van der Waals surface area contributed by atoms with E-state index >= 15 is 0 Å². The van der Waals surface area contributed by atoms with Gasteiger partial charge in [-0.25, -0.2) is 9.36 Å². The molecule has 63 heavy (non-hydrogen) atoms. The van der Waals surface area contributed by atoms with Gasteiger partial charge in [-0.3, -0.25) is 18.6 Å². The number of aliphatic carboxylic acids is 1. The Kier molecular flexibility index (Phi) is 43.3. The molecule has 0 aliphatic carbocycles. The van der Waals surface area contributed by atoms with E-state index in [-0.39, 0.29) is 12.8 Å². The van der Waals surface area contributed by atoms with E-state index in [2.05, 4.69) is 92.1 Å². The molecule has 0 aromatic heterocycles. The Balaban J connectivity index is 3.92. The summed E-state index contributed by atoms with van der Waals surface area (Å²) < 4.78 is 26.9. The van der Waals surface area contributed by atoms with Crippen molar-refractivity contribution in [2.45, 2.75) is 212 Å². The van der Waals surface area contributed by atoms with Gasteiger partial charge in [0.1, 0.15) is 12.7 Å². The summed E-state index contributed by atoms with van der Waals surface area (Å²) in [6, 6.07) is -1.56. The van der Waals surface area contributed by atoms with Crippen LogP contribution in [0.15, 0.2) is 72.9 Å². The smallest absolute Gasteiger partial charge is 0.472 e. The Morgan fingerprint density at radius 1 is 0.524 bits per heavy atom. The molecule has 4 N–H and O–H groups in total. The van der Waals surface area contributed by atoms with Crippen LogP contribution in [0.25, 0.3) is 0 Å². The van der Waals surface area contributed by atoms with Crippen molar-refractivity contribution in [3.05, 3.63) is 72.9 Å². The van der Waals surface area contributed by atoms with Gasteiger partial charge in [0.2, 0.25) is 5.91 Å². The third-order valence-corrected chi connectivity index (χ3v) is 11.2. The van der Waals surface area contributed by atoms with E-state index in [1.807, 2.05) is 0 Å². The second kappa shape index (κ2) is 45.5. The minimum atomic E-state index is -4.77. The topological polar surface area (TPSA) is 169 Å². The molecule has 3 unspecified atom stereocenters. The van der Waals surface area contributed by atoms with Crippen molar-refractivity contribution in [2.24, 2.45) is 0 Å². The van der Waals surface area contributed by atoms with E-state index < -0.39 is 57.6 Å². The summed E-state index contributed by atoms with van der Waals surface area (Å²) in [5, 5.41) is 21.9. The average molecular weight is 906 g/mol. The fourth-order valence-electron chi connectivity index (χ4n) is 6.50. The van der Waals surface area contributed by atoms with Crippen molar-refractivity contribution >= 4 is 25.7 Å². The molecule has 0 heterocycles. The van der Waals surface area contributed by atoms with Gasteiger partial charge >= 0.3 is 19.8 Å². The molecule has 0 spiro atoms. The number of esters is 1. The van der Waals surface area contributed by atoms with Crippen LogP contribution in [0.3, 0.4) is 0 Å². The second-order valence-corrected chi connectivity index (χ2v) is 17.7. The lowest BCUT2D eigenvalue weighted by molar-refractivity contribution is -0.147. The highest BCUT2D eigenvalue weighted by Gasteiger charge is 2.28. The normalized spacial score (nSPS) is 14.2. The SMILES string of the molecule is CC/C=C\C/C=C\C/C=C\C/C=C\C/C=C\C/C=C\CCCCCCC(=O)NC(COP(=O)(O)OCC(O)COC(=O)CCCCCCCCCCCCCCCCCC)C(=O)O. The van der Waals surface area contributed by atoms with Gasteiger partial charge in [0.25, 0.3) is 0 Å². The molecule has 1 amide bonds. The summed E-state index contributed by atoms with van der Waals surface area (Å²) in [6.07, 6.45) is 54.9. The average Bonchev–Trinajstić information content (AvgIpc) is 3.26. The minimum Gasteiger partial charge on any atom is -0.480 e. The molecular weight excluding hydrogens is 818 g/mol. The molecule has 11 nitrogen and oxygen atoms in total. The predicted octanol–water partition coefficient (Wildman–Crippen LogP) is 13.3. The zero-order chi connectivity index (χ0) is 46.3. The van der Waals surface area contributed by atoms with E-state index in [0.29, 0.717) is 12.8 Å². The van der Waals surface area contributed by atoms with Crippen molar-refractivity contribution in [2.75, 3.05) is 19.8 Å². The van der Waals surface area contributed by atoms with Crippen molar-refractivity contribution in [1.82, 2.24) is 5.32 Å². The summed E-state index contributed by atoms with van der Waals surface area (Å²) in [5.41, 5.74) is 0. The standard InChI is InChI=1S/C51H88NO10P/c1-3-5-7-9-11-13-15-17-19-21-22-23-24-25-26-27-28-30-32-34-36-38-40-42-49(54)52-48(51(56)57)46-62-63(58,59)61-45-47(53)44-60-50(55)43-41-39-37-35-33-31-29-20-18-16-14-12-10-8-6-4-2/h5,7,11,13,17,19,22-23,25-26,28,30,47-48,53H,3-4,6,8-10,12,14-16,18,20-21,24,27,29,31-46H2,1-2H3,(H,52,54)(H,56,57)(H,58,59)/b7-5-,13-11-,19-17-,23-22-,26-25-,30-28-. The molecule has 0 fully saturated rings. The van der Waals surface area contributed by atoms with Crippen LogP contribution in [-0.4, -0.2) is 64.9 Å². The highest BCUT2D eigenvalue weighted by atomic mass is 31.2. The van der Waals surface area contributed by atoms with Crippen molar-refractivity contribution in [3.8, 4) is 0 Å². The first-order chi connectivity index (χ1) is 30.6. The number of phosphoric ester groups is 1. The Hall–Kier alpha value is -3.08. The summed E-state index contributed by atoms with van der Waals surface area (Å²) in [4.78, 5) is 46.1. The van der Waals surface area contributed by atoms with Gasteiger partial charge < -0.3 is 25.2 Å². The first-order valence-corrected chi connectivity index (χ1v) is 26.0. The van der Waals surface area contributed by atoms with Gasteiger partial charge in [0.15, 0.2) is 6.04 Å². The zero-order valence-corrected chi connectivity index (χ0v) is 40.3. The number of rotatable bonds is 45. The van der Waals surface area contributed by atoms with Crippen LogP contribution in [0.4, 0.5) is 0 Å². The molecule has 362 valence electrons. The summed E-state index contributed by atoms with van der Waals surface area (Å²) in [5.74, 6) is -2.41. The van der Waals surface area contributed by atoms with Gasteiger partial charge in [-0.15, -0.1) is 0 Å². The van der Waals surface area contributed by atoms with E-state index in [1.165, 1.54) is 77.0 Å². The van der Waals surface area contributed by atoms with E-state index in [9.17, 15) is 34.1 Å². The summed E-state index contributed by atoms with van der Waals surface area (Å²) >= 11 is 0. The number of carboxylic acid groups (broad SMARTS) is 1. The van der Waals surface area contributed by atoms with E-state index in [0.717, 1.165) is 83.5 Å². The molecule has 3 atom stereocenters. The number of aliphatic hydroxyl groups excluding tert-OH is 1. The zero-order valence-electron chi connectivity index (χ0n) is 39.4. The lowest BCUT2D eigenvalue weighted by atomic mass is 10.0. The molecule has 0 radical (unpaired) electrons. The number of nitrogens with one attached hydrogen (secondary N) is 1. The van der Waals surface area contributed by atoms with Gasteiger partial charge in [-0.2, -0.15) is 0 Å². The van der Waals surface area contributed by atoms with Crippen LogP contribution in [0.2, 0.25) is 0 Å². The molecule has 0 aliphatic heterocycles. The highest BCUT2D eigenvalue weighted by molar-refractivity contribution is 7.47. The number of carboxylic acids is 1. The molecule has 0 saturated heterocycles. The second-order valence-electron chi connectivity index (χ2n) is 16.3. The lowest BCUT2D eigenvalue weighted by Crippen LogP contribution is -2.43. The van der Waals surface area contributed by atoms with Crippen LogP contribution >= 0.6 is 7.82 Å². The lowest BCUT2D eigenvalue weighted by Gasteiger charge is -2.18. The van der Waals surface area contributed by atoms with E-state index in [4.69, 9.17) is 13.8 Å². The summed E-state index contributed by atoms with van der Waals surface area (Å²) in [7, 11) is -4.77. The van der Waals surface area contributed by atoms with Crippen LogP contribution in [0, 0.1) is 0 Å². The summed E-state index contributed by atoms with van der Waals surface area (Å²) in [6.45, 7) is 2.48. The number of amides is 1. The maximum atomic E-state index is 12.4. The number of carbonyl (C=O) groups is 3. The predicted molar refractivity (Wildman–Crippen MR) is 258 cm³/mol. The fourth-order valence-corrected chi connectivity index (χ4v) is 7.27. The van der Waals surface area contributed by atoms with Crippen LogP contribution < -0.4 is 5.32 Å². The van der Waals surface area contributed by atoms with Crippen LogP contribution in [0.5, 0.6) is 0 Å². The van der Waals surface area contributed by atoms with Gasteiger partial charge in [0, 0.05) is 12.8 Å².